The molecule has 0 amide bonds. The van der Waals surface area contributed by atoms with Gasteiger partial charge in [-0.25, -0.2) is 0 Å². The first-order valence-corrected chi connectivity index (χ1v) is 14.4. The van der Waals surface area contributed by atoms with Crippen molar-refractivity contribution < 1.29 is 72.2 Å². The van der Waals surface area contributed by atoms with Crippen LogP contribution in [0.25, 0.3) is 0 Å². The Kier molecular flexibility index (Phi) is 51.1. The van der Waals surface area contributed by atoms with Gasteiger partial charge in [0.15, 0.2) is 0 Å². The standard InChI is InChI=1S/C24H50O13.C2H4O2.H2N3/c25-1-3-27-5-7-29-9-11-31-13-15-33-17-19-35-21-23-37-24-22-36-20-18-34-16-14-32-12-10-30-8-6-28-4-2-26;1-2(3)4;1-3-2/h25-26H,1-24H2;1H3,(H,3,4);1-2H/q;;+1. The van der Waals surface area contributed by atoms with Crippen LogP contribution in [0, 0.1) is 11.1 Å². The molecule has 0 aromatic heterocycles. The molecule has 44 heavy (non-hydrogen) atoms. The van der Waals surface area contributed by atoms with Gasteiger partial charge in [-0.1, -0.05) is 0 Å². The number of ether oxygens (including phenoxy) is 11. The average Bonchev–Trinajstić information content (AvgIpc) is 2.99. The summed E-state index contributed by atoms with van der Waals surface area (Å²) in [5, 5.41) is 24.5. The molecule has 0 aliphatic rings. The first-order chi connectivity index (χ1) is 21.6. The number of carboxylic acid groups (broad SMARTS) is 1. The number of aliphatic hydroxyl groups excluding tert-OH is 2. The van der Waals surface area contributed by atoms with E-state index in [2.05, 4.69) is 0 Å². The van der Waals surface area contributed by atoms with Gasteiger partial charge >= 0.3 is 0 Å². The van der Waals surface area contributed by atoms with Crippen molar-refractivity contribution in [3.63, 3.8) is 0 Å². The van der Waals surface area contributed by atoms with E-state index in [1.165, 1.54) is 0 Å². The molecule has 0 saturated carbocycles. The van der Waals surface area contributed by atoms with Crippen molar-refractivity contribution in [1.29, 1.82) is 11.1 Å². The van der Waals surface area contributed by atoms with Crippen molar-refractivity contribution in [3.05, 3.63) is 0 Å². The molecule has 0 fully saturated rings. The highest BCUT2D eigenvalue weighted by Crippen LogP contribution is 1.87. The smallest absolute Gasteiger partial charge is 0.300 e. The summed E-state index contributed by atoms with van der Waals surface area (Å²) in [6.07, 6.45) is 0. The summed E-state index contributed by atoms with van der Waals surface area (Å²) in [6.45, 7) is 11.8. The van der Waals surface area contributed by atoms with E-state index in [1.54, 1.807) is 0 Å². The Morgan fingerprint density at radius 3 is 0.591 bits per heavy atom. The molecule has 0 rings (SSSR count). The molecule has 0 radical (unpaired) electrons. The highest BCUT2D eigenvalue weighted by atomic mass is 16.6. The van der Waals surface area contributed by atoms with Gasteiger partial charge in [-0.15, -0.1) is 0 Å². The highest BCUT2D eigenvalue weighted by molar-refractivity contribution is 5.62. The lowest BCUT2D eigenvalue weighted by molar-refractivity contribution is -0.134. The van der Waals surface area contributed by atoms with E-state index in [-0.39, 0.29) is 13.2 Å². The number of hydrogen-bond donors (Lipinski definition) is 5. The van der Waals surface area contributed by atoms with Gasteiger partial charge in [0.2, 0.25) is 4.91 Å². The predicted octanol–water partition coefficient (Wildman–Crippen LogP) is -0.640. The Morgan fingerprint density at radius 1 is 0.409 bits per heavy atom. The minimum absolute atomic E-state index is 0.0253. The van der Waals surface area contributed by atoms with Crippen LogP contribution in [0.15, 0.2) is 0 Å². The molecule has 0 atom stereocenters. The monoisotopic (exact) mass is 650 g/mol. The summed E-state index contributed by atoms with van der Waals surface area (Å²) in [5.41, 5.74) is 11.0. The molecule has 18 nitrogen and oxygen atoms in total. The third-order valence-corrected chi connectivity index (χ3v) is 4.19. The molecule has 0 aromatic carbocycles. The van der Waals surface area contributed by atoms with Crippen molar-refractivity contribution in [2.24, 2.45) is 0 Å². The summed E-state index contributed by atoms with van der Waals surface area (Å²) in [5.74, 6) is -0.833. The quantitative estimate of drug-likeness (QED) is 0.0330. The van der Waals surface area contributed by atoms with Gasteiger partial charge < -0.3 is 67.4 Å². The van der Waals surface area contributed by atoms with E-state index in [0.29, 0.717) is 145 Å². The second kappa shape index (κ2) is 48.2. The highest BCUT2D eigenvalue weighted by Gasteiger charge is 1.96. The first kappa shape index (κ1) is 46.7. The lowest BCUT2D eigenvalue weighted by Gasteiger charge is -2.09. The Labute approximate surface area is 260 Å². The molecule has 0 unspecified atom stereocenters. The summed E-state index contributed by atoms with van der Waals surface area (Å²) in [4.78, 5) is 11.0. The Morgan fingerprint density at radius 2 is 0.500 bits per heavy atom. The van der Waals surface area contributed by atoms with Crippen LogP contribution >= 0.6 is 0 Å². The average molecular weight is 651 g/mol. The third kappa shape index (κ3) is 59.6. The van der Waals surface area contributed by atoms with Crippen LogP contribution in [0.2, 0.25) is 0 Å². The Bertz CT molecular complexity index is 525. The molecule has 0 saturated heterocycles. The van der Waals surface area contributed by atoms with E-state index >= 15 is 0 Å². The number of carbonyl (C=O) groups is 1. The summed E-state index contributed by atoms with van der Waals surface area (Å²) >= 11 is 0. The fraction of sp³-hybridized carbons (Fsp3) is 0.962. The van der Waals surface area contributed by atoms with Gasteiger partial charge in [-0.3, -0.25) is 4.79 Å². The fourth-order valence-corrected chi connectivity index (χ4v) is 2.43. The number of rotatable bonds is 34. The second-order valence-corrected chi connectivity index (χ2v) is 7.81. The van der Waals surface area contributed by atoms with Crippen molar-refractivity contribution in [1.82, 2.24) is 4.91 Å². The van der Waals surface area contributed by atoms with Gasteiger partial charge in [0.05, 0.1) is 159 Å². The van der Waals surface area contributed by atoms with Gasteiger partial charge in [0.1, 0.15) is 11.1 Å². The van der Waals surface area contributed by atoms with Gasteiger partial charge in [-0.05, 0) is 0 Å². The van der Waals surface area contributed by atoms with E-state index in [0.717, 1.165) is 6.92 Å². The van der Waals surface area contributed by atoms with E-state index in [1.807, 2.05) is 4.91 Å². The maximum absolute atomic E-state index is 9.00. The van der Waals surface area contributed by atoms with Crippen LogP contribution in [-0.2, 0) is 56.9 Å². The maximum Gasteiger partial charge on any atom is 0.300 e. The summed E-state index contributed by atoms with van der Waals surface area (Å²) in [7, 11) is 0. The Balaban J connectivity index is -0.00000216. The van der Waals surface area contributed by atoms with Crippen LogP contribution < -0.4 is 4.91 Å². The minimum atomic E-state index is -0.833. The minimum Gasteiger partial charge on any atom is -0.481 e. The molecule has 0 bridgehead atoms. The number of nitrogens with one attached hydrogen (secondary N) is 2. The number of carboxylic acids is 1. The summed E-state index contributed by atoms with van der Waals surface area (Å²) < 4.78 is 58.7. The van der Waals surface area contributed by atoms with Crippen molar-refractivity contribution >= 4 is 5.97 Å². The molecular weight excluding hydrogens is 594 g/mol. The van der Waals surface area contributed by atoms with E-state index in [9.17, 15) is 0 Å². The zero-order valence-electron chi connectivity index (χ0n) is 26.2. The van der Waals surface area contributed by atoms with Gasteiger partial charge in [-0.2, -0.15) is 0 Å². The van der Waals surface area contributed by atoms with Gasteiger partial charge in [0, 0.05) is 6.92 Å². The molecule has 0 aliphatic heterocycles. The normalized spacial score (nSPS) is 10.4. The number of aliphatic carboxylic acids is 1. The lowest BCUT2D eigenvalue weighted by Crippen LogP contribution is -2.15. The molecule has 5 N–H and O–H groups in total. The van der Waals surface area contributed by atoms with E-state index < -0.39 is 5.97 Å². The number of hydrogen-bond acceptors (Lipinski definition) is 16. The van der Waals surface area contributed by atoms with Crippen molar-refractivity contribution in [2.45, 2.75) is 6.92 Å². The fourth-order valence-electron chi connectivity index (χ4n) is 2.43. The third-order valence-electron chi connectivity index (χ3n) is 4.19. The largest absolute Gasteiger partial charge is 0.481 e. The van der Waals surface area contributed by atoms with Crippen LogP contribution in [-0.4, -0.2) is 180 Å². The lowest BCUT2D eigenvalue weighted by atomic mass is 10.6. The van der Waals surface area contributed by atoms with Crippen LogP contribution in [0.3, 0.4) is 0 Å². The zero-order valence-corrected chi connectivity index (χ0v) is 26.2. The van der Waals surface area contributed by atoms with Crippen LogP contribution in [0.5, 0.6) is 0 Å². The molecule has 0 aromatic rings. The van der Waals surface area contributed by atoms with Crippen LogP contribution in [0.4, 0.5) is 0 Å². The molecular formula is C26H56N3O15+. The zero-order chi connectivity index (χ0) is 33.0. The first-order valence-electron chi connectivity index (χ1n) is 14.4. The number of nitrogens with zero attached hydrogens (tertiary/aromatic N) is 1. The maximum atomic E-state index is 9.00. The molecule has 0 heterocycles. The second-order valence-electron chi connectivity index (χ2n) is 7.81. The topological polar surface area (TPSA) is 241 Å². The van der Waals surface area contributed by atoms with Crippen molar-refractivity contribution in [3.8, 4) is 0 Å². The SMILES string of the molecule is CC(=O)O.N=[N+]=N.OCCOCCOCCOCCOCCOCCOCCOCCOCCOCCOCCOCCO. The molecule has 18 heteroatoms. The van der Waals surface area contributed by atoms with E-state index in [4.69, 9.17) is 83.3 Å². The van der Waals surface area contributed by atoms with Gasteiger partial charge in [0.25, 0.3) is 5.97 Å². The summed E-state index contributed by atoms with van der Waals surface area (Å²) in [6, 6.07) is 0. The number of aliphatic hydroxyl groups is 2. The van der Waals surface area contributed by atoms with Crippen LogP contribution in [0.1, 0.15) is 6.92 Å². The molecule has 0 spiro atoms. The Hall–Kier alpha value is -1.74. The van der Waals surface area contributed by atoms with Crippen molar-refractivity contribution in [2.75, 3.05) is 159 Å². The predicted molar refractivity (Wildman–Crippen MR) is 154 cm³/mol. The molecule has 0 aliphatic carbocycles. The molecule has 264 valence electrons.